The highest BCUT2D eigenvalue weighted by molar-refractivity contribution is 6.07. The summed E-state index contributed by atoms with van der Waals surface area (Å²) in [5.41, 5.74) is 1.90. The molecule has 5 heteroatoms. The largest absolute Gasteiger partial charge is 0.494 e. The molecule has 0 saturated heterocycles. The van der Waals surface area contributed by atoms with E-state index in [9.17, 15) is 9.59 Å². The van der Waals surface area contributed by atoms with Gasteiger partial charge in [0.25, 0.3) is 5.91 Å². The molecular weight excluding hydrogens is 364 g/mol. The van der Waals surface area contributed by atoms with E-state index in [1.54, 1.807) is 24.3 Å². The second kappa shape index (κ2) is 10.5. The molecule has 5 nitrogen and oxygen atoms in total. The number of rotatable bonds is 7. The first kappa shape index (κ1) is 20.6. The molecule has 2 N–H and O–H groups in total. The minimum atomic E-state index is -0.281. The van der Waals surface area contributed by atoms with Crippen molar-refractivity contribution in [2.24, 2.45) is 0 Å². The summed E-state index contributed by atoms with van der Waals surface area (Å²) in [6, 6.07) is 14.8. The summed E-state index contributed by atoms with van der Waals surface area (Å²) >= 11 is 0. The quantitative estimate of drug-likeness (QED) is 0.665. The predicted molar refractivity (Wildman–Crippen MR) is 116 cm³/mol. The summed E-state index contributed by atoms with van der Waals surface area (Å²) in [6.07, 6.45) is 8.77. The van der Waals surface area contributed by atoms with Crippen LogP contribution in [0.4, 0.5) is 5.69 Å². The van der Waals surface area contributed by atoms with Gasteiger partial charge in [-0.25, -0.2) is 0 Å². The highest BCUT2D eigenvalue weighted by Gasteiger charge is 2.18. The van der Waals surface area contributed by atoms with Crippen molar-refractivity contribution in [3.05, 3.63) is 65.7 Å². The Bertz CT molecular complexity index is 853. The van der Waals surface area contributed by atoms with E-state index >= 15 is 0 Å². The highest BCUT2D eigenvalue weighted by Crippen LogP contribution is 2.20. The van der Waals surface area contributed by atoms with E-state index in [0.29, 0.717) is 17.9 Å². The summed E-state index contributed by atoms with van der Waals surface area (Å²) in [6.45, 7) is 2.55. The van der Waals surface area contributed by atoms with Gasteiger partial charge < -0.3 is 15.4 Å². The molecule has 0 spiro atoms. The zero-order chi connectivity index (χ0) is 20.5. The third-order valence-corrected chi connectivity index (χ3v) is 4.99. The fourth-order valence-electron chi connectivity index (χ4n) is 3.49. The number of para-hydroxylation sites is 1. The molecule has 152 valence electrons. The van der Waals surface area contributed by atoms with Gasteiger partial charge >= 0.3 is 0 Å². The molecule has 0 bridgehead atoms. The van der Waals surface area contributed by atoms with Crippen molar-refractivity contribution in [1.29, 1.82) is 0 Å². The molecule has 0 atom stereocenters. The standard InChI is InChI=1S/C24H28N2O3/c1-2-29-20-15-12-18(13-16-20)14-17-23(27)26-22-11-7-6-10-21(22)24(28)25-19-8-4-3-5-9-19/h6-7,10-17,19H,2-5,8-9H2,1H3,(H,25,28)(H,26,27)/b17-14+. The molecule has 0 unspecified atom stereocenters. The van der Waals surface area contributed by atoms with Gasteiger partial charge in [0.2, 0.25) is 5.91 Å². The van der Waals surface area contributed by atoms with Gasteiger partial charge in [0.1, 0.15) is 5.75 Å². The lowest BCUT2D eigenvalue weighted by Gasteiger charge is -2.23. The Morgan fingerprint density at radius 2 is 1.76 bits per heavy atom. The van der Waals surface area contributed by atoms with E-state index in [2.05, 4.69) is 10.6 Å². The number of ether oxygens (including phenoxy) is 1. The molecule has 29 heavy (non-hydrogen) atoms. The molecule has 2 aromatic carbocycles. The second-order valence-electron chi connectivity index (χ2n) is 7.18. The smallest absolute Gasteiger partial charge is 0.253 e. The Morgan fingerprint density at radius 1 is 1.03 bits per heavy atom. The zero-order valence-corrected chi connectivity index (χ0v) is 16.8. The van der Waals surface area contributed by atoms with Crippen molar-refractivity contribution in [3.63, 3.8) is 0 Å². The van der Waals surface area contributed by atoms with Crippen LogP contribution in [0.3, 0.4) is 0 Å². The molecule has 0 aromatic heterocycles. The van der Waals surface area contributed by atoms with Crippen LogP contribution in [-0.2, 0) is 4.79 Å². The predicted octanol–water partition coefficient (Wildman–Crippen LogP) is 4.80. The van der Waals surface area contributed by atoms with Gasteiger partial charge in [-0.15, -0.1) is 0 Å². The summed E-state index contributed by atoms with van der Waals surface area (Å²) in [5.74, 6) is 0.382. The fourth-order valence-corrected chi connectivity index (χ4v) is 3.49. The van der Waals surface area contributed by atoms with E-state index in [0.717, 1.165) is 37.0 Å². The molecule has 2 aromatic rings. The number of carbonyl (C=O) groups excluding carboxylic acids is 2. The Morgan fingerprint density at radius 3 is 2.48 bits per heavy atom. The Labute approximate surface area is 172 Å². The summed E-state index contributed by atoms with van der Waals surface area (Å²) in [5, 5.41) is 5.92. The van der Waals surface area contributed by atoms with Gasteiger partial charge in [0.05, 0.1) is 17.9 Å². The lowest BCUT2D eigenvalue weighted by atomic mass is 9.95. The maximum atomic E-state index is 12.7. The highest BCUT2D eigenvalue weighted by atomic mass is 16.5. The Hall–Kier alpha value is -3.08. The van der Waals surface area contributed by atoms with Crippen LogP contribution in [0.1, 0.15) is 54.9 Å². The van der Waals surface area contributed by atoms with Crippen molar-refractivity contribution in [1.82, 2.24) is 5.32 Å². The molecule has 3 rings (SSSR count). The average molecular weight is 392 g/mol. The van der Waals surface area contributed by atoms with Crippen LogP contribution in [0.25, 0.3) is 6.08 Å². The van der Waals surface area contributed by atoms with Gasteiger partial charge in [-0.1, -0.05) is 43.5 Å². The lowest BCUT2D eigenvalue weighted by Crippen LogP contribution is -2.36. The molecular formula is C24H28N2O3. The molecule has 1 aliphatic carbocycles. The maximum absolute atomic E-state index is 12.7. The number of carbonyl (C=O) groups is 2. The van der Waals surface area contributed by atoms with Crippen LogP contribution in [0.2, 0.25) is 0 Å². The molecule has 0 radical (unpaired) electrons. The van der Waals surface area contributed by atoms with Gasteiger partial charge in [-0.3, -0.25) is 9.59 Å². The molecule has 0 heterocycles. The van der Waals surface area contributed by atoms with Crippen LogP contribution in [0, 0.1) is 0 Å². The molecule has 1 aliphatic rings. The van der Waals surface area contributed by atoms with E-state index < -0.39 is 0 Å². The topological polar surface area (TPSA) is 67.4 Å². The fraction of sp³-hybridized carbons (Fsp3) is 0.333. The Balaban J connectivity index is 1.61. The number of benzene rings is 2. The van der Waals surface area contributed by atoms with Crippen LogP contribution in [0.15, 0.2) is 54.6 Å². The first-order valence-electron chi connectivity index (χ1n) is 10.3. The van der Waals surface area contributed by atoms with E-state index in [-0.39, 0.29) is 17.9 Å². The molecule has 2 amide bonds. The third kappa shape index (κ3) is 6.21. The van der Waals surface area contributed by atoms with E-state index in [1.807, 2.05) is 37.3 Å². The summed E-state index contributed by atoms with van der Waals surface area (Å²) in [4.78, 5) is 25.1. The molecule has 0 aliphatic heterocycles. The van der Waals surface area contributed by atoms with Crippen molar-refractivity contribution < 1.29 is 14.3 Å². The minimum Gasteiger partial charge on any atom is -0.494 e. The molecule has 1 fully saturated rings. The molecule has 1 saturated carbocycles. The van der Waals surface area contributed by atoms with Gasteiger partial charge in [0, 0.05) is 12.1 Å². The monoisotopic (exact) mass is 392 g/mol. The first-order valence-corrected chi connectivity index (χ1v) is 10.3. The third-order valence-electron chi connectivity index (χ3n) is 4.99. The number of hydrogen-bond acceptors (Lipinski definition) is 3. The van der Waals surface area contributed by atoms with Crippen LogP contribution in [-0.4, -0.2) is 24.5 Å². The van der Waals surface area contributed by atoms with Crippen LogP contribution < -0.4 is 15.4 Å². The SMILES string of the molecule is CCOc1ccc(/C=C/C(=O)Nc2ccccc2C(=O)NC2CCCCC2)cc1. The van der Waals surface area contributed by atoms with Gasteiger partial charge in [-0.05, 0) is 55.7 Å². The number of hydrogen-bond donors (Lipinski definition) is 2. The lowest BCUT2D eigenvalue weighted by molar-refractivity contribution is -0.111. The van der Waals surface area contributed by atoms with Crippen molar-refractivity contribution in [2.75, 3.05) is 11.9 Å². The summed E-state index contributed by atoms with van der Waals surface area (Å²) < 4.78 is 5.41. The second-order valence-corrected chi connectivity index (χ2v) is 7.18. The minimum absolute atomic E-state index is 0.136. The van der Waals surface area contributed by atoms with Crippen molar-refractivity contribution in [3.8, 4) is 5.75 Å². The summed E-state index contributed by atoms with van der Waals surface area (Å²) in [7, 11) is 0. The number of amides is 2. The van der Waals surface area contributed by atoms with Crippen molar-refractivity contribution in [2.45, 2.75) is 45.1 Å². The normalized spacial score (nSPS) is 14.5. The van der Waals surface area contributed by atoms with Crippen molar-refractivity contribution >= 4 is 23.6 Å². The Kier molecular flexibility index (Phi) is 7.45. The zero-order valence-electron chi connectivity index (χ0n) is 16.8. The first-order chi connectivity index (χ1) is 14.2. The number of anilines is 1. The number of nitrogens with one attached hydrogen (secondary N) is 2. The van der Waals surface area contributed by atoms with Crippen LogP contribution in [0.5, 0.6) is 5.75 Å². The van der Waals surface area contributed by atoms with Crippen LogP contribution >= 0.6 is 0 Å². The van der Waals surface area contributed by atoms with E-state index in [4.69, 9.17) is 4.74 Å². The average Bonchev–Trinajstić information content (AvgIpc) is 2.74. The maximum Gasteiger partial charge on any atom is 0.253 e. The van der Waals surface area contributed by atoms with Gasteiger partial charge in [-0.2, -0.15) is 0 Å². The van der Waals surface area contributed by atoms with Gasteiger partial charge in [0.15, 0.2) is 0 Å². The van der Waals surface area contributed by atoms with E-state index in [1.165, 1.54) is 12.5 Å².